The van der Waals surface area contributed by atoms with Gasteiger partial charge in [0, 0.05) is 12.5 Å². The quantitative estimate of drug-likeness (QED) is 0.365. The second-order valence-corrected chi connectivity index (χ2v) is 10.9. The van der Waals surface area contributed by atoms with Gasteiger partial charge < -0.3 is 33.9 Å². The fourth-order valence-electron chi connectivity index (χ4n) is 6.99. The minimum atomic E-state index is -1.74. The van der Waals surface area contributed by atoms with Crippen molar-refractivity contribution < 1.29 is 53.1 Å². The van der Waals surface area contributed by atoms with Gasteiger partial charge in [0.2, 0.25) is 6.10 Å². The van der Waals surface area contributed by atoms with Crippen LogP contribution in [0.25, 0.3) is 0 Å². The molecule has 3 aliphatic carbocycles. The fraction of sp³-hybridized carbons (Fsp3) is 0.571. The number of hydrogen-bond donors (Lipinski definition) is 2. The van der Waals surface area contributed by atoms with Gasteiger partial charge in [-0.3, -0.25) is 9.59 Å². The molecule has 210 valence electrons. The Balaban J connectivity index is 1.38. The fourth-order valence-corrected chi connectivity index (χ4v) is 6.99. The van der Waals surface area contributed by atoms with E-state index in [-0.39, 0.29) is 18.1 Å². The lowest BCUT2D eigenvalue weighted by Crippen LogP contribution is -2.69. The topological polar surface area (TPSA) is 155 Å². The monoisotopic (exact) mass is 544 g/mol. The van der Waals surface area contributed by atoms with Gasteiger partial charge in [-0.15, -0.1) is 0 Å². The van der Waals surface area contributed by atoms with E-state index in [1.54, 1.807) is 13.2 Å². The molecule has 1 aromatic rings. The van der Waals surface area contributed by atoms with Crippen LogP contribution in [0.5, 0.6) is 11.5 Å². The molecular weight excluding hydrogens is 512 g/mol. The average Bonchev–Trinajstić information content (AvgIpc) is 3.22. The molecular formula is C28H32O11. The smallest absolute Gasteiger partial charge is 0.352 e. The van der Waals surface area contributed by atoms with E-state index in [9.17, 15) is 24.3 Å². The number of ether oxygens (including phenoxy) is 5. The van der Waals surface area contributed by atoms with Gasteiger partial charge in [0.15, 0.2) is 23.7 Å². The number of carbonyl (C=O) groups is 4. The van der Waals surface area contributed by atoms with Crippen molar-refractivity contribution in [2.24, 2.45) is 11.8 Å². The number of aliphatic hydroxyl groups is 1. The van der Waals surface area contributed by atoms with E-state index in [0.717, 1.165) is 24.5 Å². The Labute approximate surface area is 225 Å². The molecule has 4 aliphatic rings. The minimum Gasteiger partial charge on any atom is -0.493 e. The number of carboxylic acid groups (broad SMARTS) is 1. The summed E-state index contributed by atoms with van der Waals surface area (Å²) in [4.78, 5) is 47.7. The molecule has 5 rings (SSSR count). The number of hydrogen-bond acceptors (Lipinski definition) is 10. The normalized spacial score (nSPS) is 31.0. The van der Waals surface area contributed by atoms with E-state index >= 15 is 0 Å². The van der Waals surface area contributed by atoms with Crippen LogP contribution >= 0.6 is 0 Å². The Bertz CT molecular complexity index is 1270. The lowest BCUT2D eigenvalue weighted by Gasteiger charge is -2.61. The summed E-state index contributed by atoms with van der Waals surface area (Å²) >= 11 is 0. The first-order valence-corrected chi connectivity index (χ1v) is 13.0. The van der Waals surface area contributed by atoms with E-state index in [1.165, 1.54) is 6.92 Å². The number of methoxy groups -OCH3 is 1. The summed E-state index contributed by atoms with van der Waals surface area (Å²) in [7, 11) is 1.55. The number of carbonyl (C=O) groups excluding carboxylic acids is 3. The number of carboxylic acids is 1. The largest absolute Gasteiger partial charge is 0.493 e. The molecule has 0 saturated heterocycles. The molecule has 1 aromatic carbocycles. The highest BCUT2D eigenvalue weighted by Gasteiger charge is 2.72. The Kier molecular flexibility index (Phi) is 6.61. The van der Waals surface area contributed by atoms with Crippen molar-refractivity contribution in [3.05, 3.63) is 35.1 Å². The van der Waals surface area contributed by atoms with E-state index in [1.807, 2.05) is 12.1 Å². The van der Waals surface area contributed by atoms with E-state index in [0.29, 0.717) is 30.3 Å². The van der Waals surface area contributed by atoms with Crippen LogP contribution in [0.15, 0.2) is 24.0 Å². The first-order valence-electron chi connectivity index (χ1n) is 13.0. The van der Waals surface area contributed by atoms with Crippen LogP contribution in [-0.2, 0) is 45.2 Å². The van der Waals surface area contributed by atoms with Crippen LogP contribution in [0.4, 0.5) is 0 Å². The van der Waals surface area contributed by atoms with Crippen molar-refractivity contribution in [2.75, 3.05) is 7.11 Å². The second kappa shape index (κ2) is 9.55. The number of rotatable bonds is 8. The third-order valence-electron chi connectivity index (χ3n) is 8.73. The summed E-state index contributed by atoms with van der Waals surface area (Å²) in [5, 5.41) is 21.4. The first kappa shape index (κ1) is 27.0. The summed E-state index contributed by atoms with van der Waals surface area (Å²) in [5.41, 5.74) is 0.0650. The molecule has 2 N–H and O–H groups in total. The van der Waals surface area contributed by atoms with Crippen molar-refractivity contribution in [2.45, 2.75) is 82.2 Å². The predicted molar refractivity (Wildman–Crippen MR) is 132 cm³/mol. The third kappa shape index (κ3) is 4.05. The van der Waals surface area contributed by atoms with Crippen molar-refractivity contribution in [1.82, 2.24) is 0 Å². The maximum atomic E-state index is 13.0. The molecule has 7 atom stereocenters. The van der Waals surface area contributed by atoms with Gasteiger partial charge in [0.1, 0.15) is 5.76 Å². The first-order chi connectivity index (χ1) is 18.4. The number of benzene rings is 1. The highest BCUT2D eigenvalue weighted by Crippen LogP contribution is 2.68. The van der Waals surface area contributed by atoms with Gasteiger partial charge >= 0.3 is 23.9 Å². The molecule has 2 bridgehead atoms. The van der Waals surface area contributed by atoms with Crippen molar-refractivity contribution in [3.63, 3.8) is 0 Å². The lowest BCUT2D eigenvalue weighted by atomic mass is 9.45. The Morgan fingerprint density at radius 2 is 1.95 bits per heavy atom. The van der Waals surface area contributed by atoms with Crippen LogP contribution in [0.2, 0.25) is 0 Å². The van der Waals surface area contributed by atoms with Crippen molar-refractivity contribution >= 4 is 23.9 Å². The zero-order valence-electron chi connectivity index (χ0n) is 22.2. The molecule has 1 heterocycles. The molecule has 39 heavy (non-hydrogen) atoms. The van der Waals surface area contributed by atoms with Gasteiger partial charge in [0.25, 0.3) is 0 Å². The van der Waals surface area contributed by atoms with Gasteiger partial charge in [0.05, 0.1) is 24.5 Å². The van der Waals surface area contributed by atoms with Crippen LogP contribution in [-0.4, -0.2) is 65.1 Å². The van der Waals surface area contributed by atoms with Gasteiger partial charge in [-0.25, -0.2) is 9.59 Å². The van der Waals surface area contributed by atoms with Crippen molar-refractivity contribution in [3.8, 4) is 11.5 Å². The summed E-state index contributed by atoms with van der Waals surface area (Å²) in [6.45, 7) is 4.47. The van der Waals surface area contributed by atoms with Gasteiger partial charge in [-0.2, -0.15) is 0 Å². The molecule has 1 spiro atoms. The number of esters is 3. The zero-order chi connectivity index (χ0) is 28.3. The molecule has 1 unspecified atom stereocenters. The Morgan fingerprint density at radius 3 is 2.62 bits per heavy atom. The molecule has 1 aliphatic heterocycles. The predicted octanol–water partition coefficient (Wildman–Crippen LogP) is 2.20. The molecule has 11 heteroatoms. The maximum absolute atomic E-state index is 13.0. The molecule has 11 nitrogen and oxygen atoms in total. The molecule has 1 saturated carbocycles. The summed E-state index contributed by atoms with van der Waals surface area (Å²) in [6.07, 6.45) is -0.541. The van der Waals surface area contributed by atoms with Crippen LogP contribution in [0.3, 0.4) is 0 Å². The molecule has 0 amide bonds. The molecule has 1 fully saturated rings. The average molecular weight is 545 g/mol. The number of aliphatic carboxylic acids is 1. The summed E-state index contributed by atoms with van der Waals surface area (Å²) in [5.74, 6) is -2.74. The lowest BCUT2D eigenvalue weighted by molar-refractivity contribution is -0.178. The Morgan fingerprint density at radius 1 is 1.21 bits per heavy atom. The van der Waals surface area contributed by atoms with E-state index in [2.05, 4.69) is 11.7 Å². The third-order valence-corrected chi connectivity index (χ3v) is 8.73. The highest BCUT2D eigenvalue weighted by molar-refractivity contribution is 5.85. The highest BCUT2D eigenvalue weighted by atomic mass is 16.6. The minimum absolute atomic E-state index is 0.00280. The summed E-state index contributed by atoms with van der Waals surface area (Å²) < 4.78 is 27.4. The molecule has 0 radical (unpaired) electrons. The van der Waals surface area contributed by atoms with Gasteiger partial charge in [-0.1, -0.05) is 13.0 Å². The summed E-state index contributed by atoms with van der Waals surface area (Å²) in [6, 6.07) is 3.87. The van der Waals surface area contributed by atoms with Crippen LogP contribution < -0.4 is 9.47 Å². The standard InChI is InChI=1S/C28H32O11/c1-13-7-9-27-22-16-5-6-18(35-4)23(22)39-24(27)19(8-10-28(27,34)17(13)11-16)38-26(33)14(2)36-21(30)12-20(25(31)32)37-15(3)29/h5-6,8,13-14,17,20,24,34H,7,9-12H2,1-4H3,(H,31,32)/t13?,14-,17-,20-,24-,27-,28+/m0/s1. The van der Waals surface area contributed by atoms with Gasteiger partial charge in [-0.05, 0) is 62.1 Å². The second-order valence-electron chi connectivity index (χ2n) is 10.9. The Hall–Kier alpha value is -3.60. The van der Waals surface area contributed by atoms with E-state index in [4.69, 9.17) is 24.1 Å². The van der Waals surface area contributed by atoms with E-state index < -0.39 is 59.6 Å². The van der Waals surface area contributed by atoms with Crippen LogP contribution in [0.1, 0.15) is 57.6 Å². The van der Waals surface area contributed by atoms with Crippen molar-refractivity contribution in [1.29, 1.82) is 0 Å². The molecule has 0 aromatic heterocycles. The maximum Gasteiger partial charge on any atom is 0.352 e. The SMILES string of the molecule is COc1ccc2c3c1O[C@H]1C(OC(=O)[C@H](C)OC(=O)C[C@H](OC(C)=O)C(=O)O)=CC[C@@]4(O)[C@@H](C2)C(C)CC[C@]314. The van der Waals surface area contributed by atoms with Crippen LogP contribution in [0, 0.1) is 11.8 Å². The zero-order valence-corrected chi connectivity index (χ0v) is 22.2.